The van der Waals surface area contributed by atoms with E-state index in [1.54, 1.807) is 0 Å². The molecule has 2 N–H and O–H groups in total. The third kappa shape index (κ3) is 20.0. The van der Waals surface area contributed by atoms with Crippen molar-refractivity contribution in [2.45, 2.75) is 61.2 Å². The second-order valence-electron chi connectivity index (χ2n) is 3.90. The smallest absolute Gasteiger partial charge is 0.0431 e. The van der Waals surface area contributed by atoms with Gasteiger partial charge in [0.1, 0.15) is 0 Å². The molecule has 0 bridgehead atoms. The molecular formula is C12H28O3Sn. The molecule has 0 radical (unpaired) electrons. The van der Waals surface area contributed by atoms with Crippen molar-refractivity contribution < 1.29 is 13.3 Å². The van der Waals surface area contributed by atoms with E-state index in [1.807, 2.05) is 0 Å². The van der Waals surface area contributed by atoms with Crippen LogP contribution < -0.4 is 0 Å². The van der Waals surface area contributed by atoms with Gasteiger partial charge in [0.2, 0.25) is 0 Å². The first kappa shape index (κ1) is 18.9. The Labute approximate surface area is 107 Å². The van der Waals surface area contributed by atoms with E-state index in [0.29, 0.717) is 0 Å². The fourth-order valence-corrected chi connectivity index (χ4v) is 6.08. The van der Waals surface area contributed by atoms with Gasteiger partial charge in [0.05, 0.1) is 0 Å². The van der Waals surface area contributed by atoms with Gasteiger partial charge in [0.15, 0.2) is 0 Å². The van der Waals surface area contributed by atoms with E-state index in [2.05, 4.69) is 13.8 Å². The zero-order chi connectivity index (χ0) is 12.6. The summed E-state index contributed by atoms with van der Waals surface area (Å²) in [6.07, 6.45) is 6.24. The Balaban J connectivity index is 0. The number of rotatable bonds is 9. The fourth-order valence-electron chi connectivity index (χ4n) is 1.10. The van der Waals surface area contributed by atoms with E-state index < -0.39 is 19.7 Å². The first-order valence-corrected chi connectivity index (χ1v) is 11.7. The molecule has 0 rings (SSSR count). The maximum atomic E-state index is 11.2. The molecule has 0 fully saturated rings. The topological polar surface area (TPSA) is 57.5 Å². The molecule has 0 amide bonds. The Kier molecular flexibility index (Phi) is 21.1. The van der Waals surface area contributed by atoms with E-state index in [0.717, 1.165) is 21.7 Å². The Hall–Kier alpha value is 0.519. The molecule has 0 aliphatic carbocycles. The first-order valence-electron chi connectivity index (χ1n) is 6.46. The molecule has 0 saturated heterocycles. The van der Waals surface area contributed by atoms with Crippen molar-refractivity contribution in [3.8, 4) is 0 Å². The van der Waals surface area contributed by atoms with E-state index in [9.17, 15) is 3.08 Å². The van der Waals surface area contributed by atoms with Crippen LogP contribution in [0, 0.1) is 0 Å². The van der Waals surface area contributed by atoms with Gasteiger partial charge in [-0.3, -0.25) is 0 Å². The molecule has 0 aliphatic rings. The summed E-state index contributed by atoms with van der Waals surface area (Å²) in [7, 11) is 0. The van der Waals surface area contributed by atoms with Crippen molar-refractivity contribution >= 4 is 19.7 Å². The van der Waals surface area contributed by atoms with E-state index in [4.69, 9.17) is 10.2 Å². The number of hydrogen-bond donors (Lipinski definition) is 2. The average molecular weight is 339 g/mol. The van der Waals surface area contributed by atoms with E-state index in [1.165, 1.54) is 25.7 Å². The van der Waals surface area contributed by atoms with Gasteiger partial charge in [0, 0.05) is 13.2 Å². The molecule has 3 nitrogen and oxygen atoms in total. The zero-order valence-electron chi connectivity index (χ0n) is 10.9. The Morgan fingerprint density at radius 1 is 0.812 bits per heavy atom. The molecule has 0 atom stereocenters. The molecule has 98 valence electrons. The summed E-state index contributed by atoms with van der Waals surface area (Å²) < 4.78 is 13.4. The van der Waals surface area contributed by atoms with Crippen molar-refractivity contribution in [3.05, 3.63) is 0 Å². The maximum absolute atomic E-state index is 11.2. The van der Waals surface area contributed by atoms with Crippen LogP contribution in [0.4, 0.5) is 0 Å². The van der Waals surface area contributed by atoms with Crippen LogP contribution in [0.3, 0.4) is 0 Å². The summed E-state index contributed by atoms with van der Waals surface area (Å²) in [6, 6.07) is 0. The minimum atomic E-state index is -1.99. The van der Waals surface area contributed by atoms with Crippen LogP contribution >= 0.6 is 0 Å². The Morgan fingerprint density at radius 3 is 1.44 bits per heavy atom. The Morgan fingerprint density at radius 2 is 1.19 bits per heavy atom. The van der Waals surface area contributed by atoms with Crippen LogP contribution in [0.2, 0.25) is 8.87 Å². The Bertz CT molecular complexity index is 126. The largest absolute Gasteiger partial charge is 0.396 e. The van der Waals surface area contributed by atoms with Crippen LogP contribution in [0.5, 0.6) is 0 Å². The molecule has 0 unspecified atom stereocenters. The molecule has 0 spiro atoms. The number of hydrogen-bond acceptors (Lipinski definition) is 3. The van der Waals surface area contributed by atoms with Crippen molar-refractivity contribution in [2.24, 2.45) is 0 Å². The number of aliphatic hydroxyl groups excluding tert-OH is 2. The van der Waals surface area contributed by atoms with Gasteiger partial charge in [-0.1, -0.05) is 0 Å². The first-order chi connectivity index (χ1) is 7.72. The molecule has 0 aliphatic heterocycles. The molecule has 0 aromatic heterocycles. The van der Waals surface area contributed by atoms with Crippen LogP contribution in [-0.4, -0.2) is 43.2 Å². The van der Waals surface area contributed by atoms with Gasteiger partial charge in [-0.2, -0.15) is 0 Å². The predicted molar refractivity (Wildman–Crippen MR) is 69.3 cm³/mol. The summed E-state index contributed by atoms with van der Waals surface area (Å²) in [5, 5.41) is 16.2. The van der Waals surface area contributed by atoms with Crippen molar-refractivity contribution in [1.29, 1.82) is 0 Å². The third-order valence-electron chi connectivity index (χ3n) is 2.18. The summed E-state index contributed by atoms with van der Waals surface area (Å²) in [4.78, 5) is 0. The van der Waals surface area contributed by atoms with Gasteiger partial charge in [0.25, 0.3) is 0 Å². The van der Waals surface area contributed by atoms with Crippen LogP contribution in [0.25, 0.3) is 0 Å². The quantitative estimate of drug-likeness (QED) is 0.502. The van der Waals surface area contributed by atoms with Crippen LogP contribution in [0.1, 0.15) is 52.4 Å². The molecule has 0 aromatic rings. The maximum Gasteiger partial charge on any atom is 0.0431 e. The number of unbranched alkanes of at least 4 members (excludes halogenated alkanes) is 3. The molecular weight excluding hydrogens is 311 g/mol. The summed E-state index contributed by atoms with van der Waals surface area (Å²) >= 11 is -1.99. The second kappa shape index (κ2) is 17.9. The molecule has 0 aromatic carbocycles. The second-order valence-corrected chi connectivity index (χ2v) is 9.83. The number of aliphatic hydroxyl groups is 2. The van der Waals surface area contributed by atoms with Gasteiger partial charge in [-0.05, 0) is 12.8 Å². The third-order valence-corrected chi connectivity index (χ3v) is 7.39. The molecule has 4 heteroatoms. The van der Waals surface area contributed by atoms with E-state index in [-0.39, 0.29) is 13.2 Å². The minimum absolute atomic E-state index is 0.195. The van der Waals surface area contributed by atoms with Gasteiger partial charge in [-0.15, -0.1) is 0 Å². The van der Waals surface area contributed by atoms with Crippen LogP contribution in [0.15, 0.2) is 0 Å². The summed E-state index contributed by atoms with van der Waals surface area (Å²) in [6.45, 7) is 4.72. The normalized spacial score (nSPS) is 9.50. The van der Waals surface area contributed by atoms with Crippen LogP contribution in [-0.2, 0) is 3.08 Å². The van der Waals surface area contributed by atoms with E-state index >= 15 is 0 Å². The SMILES string of the molecule is CCC[CH2][Sn](=[O])[CH2]CCC.OCCCCO. The van der Waals surface area contributed by atoms with Gasteiger partial charge in [-0.25, -0.2) is 0 Å². The minimum Gasteiger partial charge on any atom is -0.396 e. The van der Waals surface area contributed by atoms with Gasteiger partial charge < -0.3 is 10.2 Å². The molecule has 0 heterocycles. The average Bonchev–Trinajstić information content (AvgIpc) is 2.32. The molecule has 16 heavy (non-hydrogen) atoms. The van der Waals surface area contributed by atoms with Crippen molar-refractivity contribution in [1.82, 2.24) is 0 Å². The predicted octanol–water partition coefficient (Wildman–Crippen LogP) is 2.76. The summed E-state index contributed by atoms with van der Waals surface area (Å²) in [5.41, 5.74) is 0. The molecule has 0 saturated carbocycles. The summed E-state index contributed by atoms with van der Waals surface area (Å²) in [5.74, 6) is 0. The zero-order valence-corrected chi connectivity index (χ0v) is 13.7. The van der Waals surface area contributed by atoms with Gasteiger partial charge >= 0.3 is 71.2 Å². The monoisotopic (exact) mass is 340 g/mol. The van der Waals surface area contributed by atoms with Crippen molar-refractivity contribution in [2.75, 3.05) is 13.2 Å². The van der Waals surface area contributed by atoms with Crippen molar-refractivity contribution in [3.63, 3.8) is 0 Å². The fraction of sp³-hybridized carbons (Fsp3) is 1.00. The standard InChI is InChI=1S/C4H10O2.2C4H9.O.Sn/c5-3-1-2-4-6;2*1-3-4-2;;/h5-6H,1-4H2;2*1,3-4H2,2H3;;.